The fraction of sp³-hybridized carbons (Fsp3) is 0.333. The van der Waals surface area contributed by atoms with Gasteiger partial charge in [0.15, 0.2) is 0 Å². The van der Waals surface area contributed by atoms with Crippen LogP contribution in [0.5, 0.6) is 5.75 Å². The van der Waals surface area contributed by atoms with Crippen molar-refractivity contribution in [2.45, 2.75) is 38.8 Å². The van der Waals surface area contributed by atoms with Crippen LogP contribution in [0.3, 0.4) is 0 Å². The maximum absolute atomic E-state index is 6.27. The number of halogens is 1. The monoisotopic (exact) mass is 303 g/mol. The van der Waals surface area contributed by atoms with Crippen molar-refractivity contribution in [3.63, 3.8) is 0 Å². The quantitative estimate of drug-likeness (QED) is 0.835. The average Bonchev–Trinajstić information content (AvgIpc) is 2.53. The van der Waals surface area contributed by atoms with E-state index in [1.54, 1.807) is 0 Å². The van der Waals surface area contributed by atoms with Gasteiger partial charge in [-0.2, -0.15) is 0 Å². The summed E-state index contributed by atoms with van der Waals surface area (Å²) in [7, 11) is 0. The molecule has 21 heavy (non-hydrogen) atoms. The van der Waals surface area contributed by atoms with Crippen LogP contribution in [0.2, 0.25) is 5.02 Å². The molecule has 0 aromatic heterocycles. The van der Waals surface area contributed by atoms with Crippen molar-refractivity contribution in [3.05, 3.63) is 64.7 Å². The molecule has 0 amide bonds. The van der Waals surface area contributed by atoms with Crippen molar-refractivity contribution >= 4 is 11.6 Å². The molecular formula is C18H22ClNO. The Morgan fingerprint density at radius 1 is 1.05 bits per heavy atom. The van der Waals surface area contributed by atoms with E-state index in [0.29, 0.717) is 0 Å². The highest BCUT2D eigenvalue weighted by molar-refractivity contribution is 6.30. The van der Waals surface area contributed by atoms with Crippen molar-refractivity contribution < 1.29 is 4.74 Å². The third kappa shape index (κ3) is 3.99. The van der Waals surface area contributed by atoms with Crippen LogP contribution in [0.1, 0.15) is 37.5 Å². The lowest BCUT2D eigenvalue weighted by molar-refractivity contribution is 0.169. The summed E-state index contributed by atoms with van der Waals surface area (Å²) >= 11 is 5.97. The first-order chi connectivity index (χ1) is 10.2. The van der Waals surface area contributed by atoms with Crippen LogP contribution >= 0.6 is 11.6 Å². The van der Waals surface area contributed by atoms with Gasteiger partial charge >= 0.3 is 0 Å². The topological polar surface area (TPSA) is 35.2 Å². The van der Waals surface area contributed by atoms with E-state index in [1.807, 2.05) is 42.5 Å². The Morgan fingerprint density at radius 3 is 2.33 bits per heavy atom. The molecule has 0 radical (unpaired) electrons. The third-order valence-electron chi connectivity index (χ3n) is 3.67. The van der Waals surface area contributed by atoms with E-state index >= 15 is 0 Å². The maximum Gasteiger partial charge on any atom is 0.139 e. The number of nitrogens with two attached hydrogens (primary N) is 1. The highest BCUT2D eigenvalue weighted by Crippen LogP contribution is 2.29. The van der Waals surface area contributed by atoms with Gasteiger partial charge in [0.25, 0.3) is 0 Å². The van der Waals surface area contributed by atoms with Crippen molar-refractivity contribution in [2.75, 3.05) is 0 Å². The number of aryl methyl sites for hydroxylation is 1. The lowest BCUT2D eigenvalue weighted by Crippen LogP contribution is -2.31. The van der Waals surface area contributed by atoms with E-state index in [4.69, 9.17) is 22.1 Å². The predicted octanol–water partition coefficient (Wildman–Crippen LogP) is 4.76. The molecule has 2 aromatic rings. The van der Waals surface area contributed by atoms with Gasteiger partial charge in [0.1, 0.15) is 11.9 Å². The Balaban J connectivity index is 2.30. The lowest BCUT2D eigenvalue weighted by Gasteiger charge is -2.26. The Morgan fingerprint density at radius 2 is 1.71 bits per heavy atom. The van der Waals surface area contributed by atoms with E-state index in [1.165, 1.54) is 5.56 Å². The van der Waals surface area contributed by atoms with Gasteiger partial charge in [-0.25, -0.2) is 0 Å². The number of para-hydroxylation sites is 1. The van der Waals surface area contributed by atoms with Crippen molar-refractivity contribution in [2.24, 2.45) is 5.73 Å². The maximum atomic E-state index is 6.27. The number of hydrogen-bond donors (Lipinski definition) is 1. The van der Waals surface area contributed by atoms with Gasteiger partial charge in [-0.3, -0.25) is 0 Å². The van der Waals surface area contributed by atoms with E-state index < -0.39 is 0 Å². The summed E-state index contributed by atoms with van der Waals surface area (Å²) in [6.07, 6.45) is 1.62. The zero-order valence-corrected chi connectivity index (χ0v) is 13.3. The number of rotatable bonds is 6. The van der Waals surface area contributed by atoms with Gasteiger partial charge in [0, 0.05) is 11.1 Å². The molecule has 0 spiro atoms. The van der Waals surface area contributed by atoms with Crippen molar-refractivity contribution in [3.8, 4) is 5.75 Å². The summed E-state index contributed by atoms with van der Waals surface area (Å²) in [6, 6.07) is 15.8. The van der Waals surface area contributed by atoms with Crippen LogP contribution in [0, 0.1) is 0 Å². The summed E-state index contributed by atoms with van der Waals surface area (Å²) in [4.78, 5) is 0. The molecule has 0 aliphatic carbocycles. The Labute approximate surface area is 131 Å². The molecular weight excluding hydrogens is 282 g/mol. The minimum Gasteiger partial charge on any atom is -0.484 e. The van der Waals surface area contributed by atoms with Gasteiger partial charge < -0.3 is 10.5 Å². The fourth-order valence-electron chi connectivity index (χ4n) is 2.32. The predicted molar refractivity (Wildman–Crippen MR) is 88.9 cm³/mol. The van der Waals surface area contributed by atoms with Gasteiger partial charge in [0.2, 0.25) is 0 Å². The molecule has 2 unspecified atom stereocenters. The molecule has 0 heterocycles. The van der Waals surface area contributed by atoms with Crippen LogP contribution in [-0.4, -0.2) is 6.04 Å². The standard InChI is InChI=1S/C18H22ClNO/c1-3-13-7-5-6-8-17(13)21-18(16(20)4-2)14-9-11-15(19)12-10-14/h5-12,16,18H,3-4,20H2,1-2H3. The molecule has 112 valence electrons. The minimum atomic E-state index is -0.167. The summed E-state index contributed by atoms with van der Waals surface area (Å²) < 4.78 is 6.25. The number of ether oxygens (including phenoxy) is 1. The molecule has 0 aliphatic heterocycles. The molecule has 2 aromatic carbocycles. The molecule has 2 nitrogen and oxygen atoms in total. The van der Waals surface area contributed by atoms with Gasteiger partial charge in [0.05, 0.1) is 0 Å². The second kappa shape index (κ2) is 7.48. The van der Waals surface area contributed by atoms with Crippen LogP contribution in [0.25, 0.3) is 0 Å². The van der Waals surface area contributed by atoms with Crippen LogP contribution in [-0.2, 0) is 6.42 Å². The summed E-state index contributed by atoms with van der Waals surface area (Å²) in [5.74, 6) is 0.906. The second-order valence-electron chi connectivity index (χ2n) is 5.12. The smallest absolute Gasteiger partial charge is 0.139 e. The van der Waals surface area contributed by atoms with Crippen molar-refractivity contribution in [1.82, 2.24) is 0 Å². The molecule has 0 bridgehead atoms. The van der Waals surface area contributed by atoms with E-state index in [0.717, 1.165) is 29.2 Å². The minimum absolute atomic E-state index is 0.0592. The highest BCUT2D eigenvalue weighted by Gasteiger charge is 2.21. The first kappa shape index (κ1) is 15.9. The first-order valence-corrected chi connectivity index (χ1v) is 7.79. The first-order valence-electron chi connectivity index (χ1n) is 7.41. The molecule has 2 rings (SSSR count). The molecule has 0 fully saturated rings. The van der Waals surface area contributed by atoms with Crippen LogP contribution in [0.15, 0.2) is 48.5 Å². The van der Waals surface area contributed by atoms with Crippen LogP contribution < -0.4 is 10.5 Å². The number of hydrogen-bond acceptors (Lipinski definition) is 2. The van der Waals surface area contributed by atoms with Gasteiger partial charge in [-0.15, -0.1) is 0 Å². The Hall–Kier alpha value is -1.51. The van der Waals surface area contributed by atoms with Crippen LogP contribution in [0.4, 0.5) is 0 Å². The normalized spacial score (nSPS) is 13.7. The molecule has 0 aliphatic rings. The number of benzene rings is 2. The average molecular weight is 304 g/mol. The van der Waals surface area contributed by atoms with Gasteiger partial charge in [-0.05, 0) is 42.2 Å². The van der Waals surface area contributed by atoms with Crippen molar-refractivity contribution in [1.29, 1.82) is 0 Å². The zero-order chi connectivity index (χ0) is 15.2. The molecule has 0 saturated heterocycles. The van der Waals surface area contributed by atoms with E-state index in [-0.39, 0.29) is 12.1 Å². The summed E-state index contributed by atoms with van der Waals surface area (Å²) in [5, 5.41) is 0.719. The second-order valence-corrected chi connectivity index (χ2v) is 5.56. The SMILES string of the molecule is CCc1ccccc1OC(c1ccc(Cl)cc1)C(N)CC. The lowest BCUT2D eigenvalue weighted by atomic mass is 10.0. The Kier molecular flexibility index (Phi) is 5.66. The molecule has 2 N–H and O–H groups in total. The summed E-state index contributed by atoms with van der Waals surface area (Å²) in [5.41, 5.74) is 8.52. The molecule has 2 atom stereocenters. The molecule has 0 saturated carbocycles. The highest BCUT2D eigenvalue weighted by atomic mass is 35.5. The summed E-state index contributed by atoms with van der Waals surface area (Å²) in [6.45, 7) is 4.20. The Bertz CT molecular complexity index is 568. The van der Waals surface area contributed by atoms with Gasteiger partial charge in [-0.1, -0.05) is 55.8 Å². The van der Waals surface area contributed by atoms with E-state index in [9.17, 15) is 0 Å². The third-order valence-corrected chi connectivity index (χ3v) is 3.92. The largest absolute Gasteiger partial charge is 0.484 e. The molecule has 3 heteroatoms. The fourth-order valence-corrected chi connectivity index (χ4v) is 2.44. The zero-order valence-electron chi connectivity index (χ0n) is 12.6. The van der Waals surface area contributed by atoms with E-state index in [2.05, 4.69) is 19.9 Å².